The fourth-order valence-electron chi connectivity index (χ4n) is 1.69. The zero-order valence-electron chi connectivity index (χ0n) is 10.8. The maximum atomic E-state index is 11.0. The summed E-state index contributed by atoms with van der Waals surface area (Å²) in [7, 11) is 0. The van der Waals surface area contributed by atoms with Crippen LogP contribution in [-0.4, -0.2) is 11.5 Å². The van der Waals surface area contributed by atoms with Crippen molar-refractivity contribution in [1.82, 2.24) is 0 Å². The maximum absolute atomic E-state index is 11.0. The standard InChI is InChI=1S/C15H14N2O3/c1-2-10-16-14-11-13(8-9-15(14)17(18)19)20-12-6-4-3-5-7-12/h2-9,11,16H,1,10H2. The zero-order chi connectivity index (χ0) is 14.4. The van der Waals surface area contributed by atoms with Gasteiger partial charge in [0.15, 0.2) is 0 Å². The SMILES string of the molecule is C=CCNc1cc(Oc2ccccc2)ccc1[N+](=O)[O-]. The summed E-state index contributed by atoms with van der Waals surface area (Å²) >= 11 is 0. The number of anilines is 1. The van der Waals surface area contributed by atoms with E-state index in [1.807, 2.05) is 30.3 Å². The molecule has 5 heteroatoms. The molecule has 0 amide bonds. The molecule has 0 aliphatic carbocycles. The van der Waals surface area contributed by atoms with Crippen LogP contribution in [0.1, 0.15) is 0 Å². The van der Waals surface area contributed by atoms with Crippen molar-refractivity contribution in [1.29, 1.82) is 0 Å². The summed E-state index contributed by atoms with van der Waals surface area (Å²) in [5.74, 6) is 1.21. The maximum Gasteiger partial charge on any atom is 0.292 e. The van der Waals surface area contributed by atoms with Gasteiger partial charge in [0.25, 0.3) is 5.69 Å². The molecule has 0 aliphatic rings. The summed E-state index contributed by atoms with van der Waals surface area (Å²) in [6, 6.07) is 13.8. The molecular weight excluding hydrogens is 256 g/mol. The Hall–Kier alpha value is -2.82. The third-order valence-electron chi connectivity index (χ3n) is 2.58. The van der Waals surface area contributed by atoms with Gasteiger partial charge in [0.1, 0.15) is 17.2 Å². The van der Waals surface area contributed by atoms with Gasteiger partial charge in [-0.2, -0.15) is 0 Å². The van der Waals surface area contributed by atoms with E-state index in [1.165, 1.54) is 6.07 Å². The molecule has 0 heterocycles. The number of hydrogen-bond donors (Lipinski definition) is 1. The summed E-state index contributed by atoms with van der Waals surface area (Å²) in [5.41, 5.74) is 0.413. The second-order valence-electron chi connectivity index (χ2n) is 4.02. The highest BCUT2D eigenvalue weighted by Gasteiger charge is 2.14. The van der Waals surface area contributed by atoms with E-state index < -0.39 is 4.92 Å². The lowest BCUT2D eigenvalue weighted by Gasteiger charge is -2.09. The molecule has 0 aromatic heterocycles. The Bertz CT molecular complexity index is 612. The Balaban J connectivity index is 2.26. The molecule has 0 saturated heterocycles. The Morgan fingerprint density at radius 1 is 1.20 bits per heavy atom. The fourth-order valence-corrected chi connectivity index (χ4v) is 1.69. The highest BCUT2D eigenvalue weighted by Crippen LogP contribution is 2.31. The number of hydrogen-bond acceptors (Lipinski definition) is 4. The van der Waals surface area contributed by atoms with E-state index in [0.717, 1.165) is 0 Å². The smallest absolute Gasteiger partial charge is 0.292 e. The molecule has 2 aromatic rings. The van der Waals surface area contributed by atoms with E-state index in [4.69, 9.17) is 4.74 Å². The number of ether oxygens (including phenoxy) is 1. The molecule has 102 valence electrons. The molecule has 2 aromatic carbocycles. The van der Waals surface area contributed by atoms with Crippen LogP contribution in [0.5, 0.6) is 11.5 Å². The van der Waals surface area contributed by atoms with E-state index in [1.54, 1.807) is 18.2 Å². The lowest BCUT2D eigenvalue weighted by atomic mass is 10.2. The first kappa shape index (κ1) is 13.6. The monoisotopic (exact) mass is 270 g/mol. The molecule has 0 unspecified atom stereocenters. The minimum atomic E-state index is -0.433. The van der Waals surface area contributed by atoms with Crippen molar-refractivity contribution >= 4 is 11.4 Å². The van der Waals surface area contributed by atoms with Gasteiger partial charge in [-0.05, 0) is 18.2 Å². The van der Waals surface area contributed by atoms with Crippen LogP contribution in [0.4, 0.5) is 11.4 Å². The van der Waals surface area contributed by atoms with E-state index in [9.17, 15) is 10.1 Å². The fraction of sp³-hybridized carbons (Fsp3) is 0.0667. The van der Waals surface area contributed by atoms with Crippen molar-refractivity contribution in [2.45, 2.75) is 0 Å². The van der Waals surface area contributed by atoms with Gasteiger partial charge in [-0.1, -0.05) is 24.3 Å². The quantitative estimate of drug-likeness (QED) is 0.489. The molecule has 0 aliphatic heterocycles. The van der Waals surface area contributed by atoms with Crippen LogP contribution in [-0.2, 0) is 0 Å². The van der Waals surface area contributed by atoms with Crippen LogP contribution < -0.4 is 10.1 Å². The van der Waals surface area contributed by atoms with Crippen molar-refractivity contribution < 1.29 is 9.66 Å². The Kier molecular flexibility index (Phi) is 4.34. The van der Waals surface area contributed by atoms with Gasteiger partial charge >= 0.3 is 0 Å². The van der Waals surface area contributed by atoms with E-state index in [2.05, 4.69) is 11.9 Å². The highest BCUT2D eigenvalue weighted by molar-refractivity contribution is 5.64. The summed E-state index contributed by atoms with van der Waals surface area (Å²) in [4.78, 5) is 10.5. The van der Waals surface area contributed by atoms with Crippen molar-refractivity contribution in [2.24, 2.45) is 0 Å². The number of nitrogens with one attached hydrogen (secondary N) is 1. The van der Waals surface area contributed by atoms with Crippen molar-refractivity contribution in [3.63, 3.8) is 0 Å². The van der Waals surface area contributed by atoms with Gasteiger partial charge in [0.2, 0.25) is 0 Å². The molecule has 0 atom stereocenters. The minimum absolute atomic E-state index is 0.00672. The minimum Gasteiger partial charge on any atom is -0.457 e. The van der Waals surface area contributed by atoms with Crippen molar-refractivity contribution in [2.75, 3.05) is 11.9 Å². The molecule has 2 rings (SSSR count). The van der Waals surface area contributed by atoms with Crippen LogP contribution in [0, 0.1) is 10.1 Å². The van der Waals surface area contributed by atoms with E-state index in [0.29, 0.717) is 23.7 Å². The summed E-state index contributed by atoms with van der Waals surface area (Å²) in [6.07, 6.45) is 1.63. The number of rotatable bonds is 6. The Labute approximate surface area is 116 Å². The molecule has 5 nitrogen and oxygen atoms in total. The second kappa shape index (κ2) is 6.38. The lowest BCUT2D eigenvalue weighted by Crippen LogP contribution is -2.02. The van der Waals surface area contributed by atoms with Crippen molar-refractivity contribution in [3.8, 4) is 11.5 Å². The molecule has 0 spiro atoms. The van der Waals surface area contributed by atoms with E-state index in [-0.39, 0.29) is 5.69 Å². The molecule has 0 saturated carbocycles. The van der Waals surface area contributed by atoms with Crippen LogP contribution in [0.2, 0.25) is 0 Å². The molecular formula is C15H14N2O3. The summed E-state index contributed by atoms with van der Waals surface area (Å²) < 4.78 is 5.65. The number of nitro groups is 1. The van der Waals surface area contributed by atoms with Crippen LogP contribution in [0.25, 0.3) is 0 Å². The average molecular weight is 270 g/mol. The molecule has 0 fully saturated rings. The number of para-hydroxylation sites is 1. The first-order valence-corrected chi connectivity index (χ1v) is 6.07. The van der Waals surface area contributed by atoms with Crippen LogP contribution in [0.15, 0.2) is 61.2 Å². The molecule has 1 N–H and O–H groups in total. The number of benzene rings is 2. The normalized spacial score (nSPS) is 9.80. The average Bonchev–Trinajstić information content (AvgIpc) is 2.46. The van der Waals surface area contributed by atoms with Crippen LogP contribution in [0.3, 0.4) is 0 Å². The van der Waals surface area contributed by atoms with E-state index >= 15 is 0 Å². The molecule has 0 bridgehead atoms. The second-order valence-corrected chi connectivity index (χ2v) is 4.02. The molecule has 0 radical (unpaired) electrons. The first-order chi connectivity index (χ1) is 9.70. The number of nitro benzene ring substituents is 1. The third-order valence-corrected chi connectivity index (χ3v) is 2.58. The van der Waals surface area contributed by atoms with Crippen molar-refractivity contribution in [3.05, 3.63) is 71.3 Å². The highest BCUT2D eigenvalue weighted by atomic mass is 16.6. The summed E-state index contributed by atoms with van der Waals surface area (Å²) in [5, 5.41) is 13.9. The first-order valence-electron chi connectivity index (χ1n) is 6.07. The van der Waals surface area contributed by atoms with Gasteiger partial charge in [-0.15, -0.1) is 6.58 Å². The zero-order valence-corrected chi connectivity index (χ0v) is 10.8. The lowest BCUT2D eigenvalue weighted by molar-refractivity contribution is -0.384. The largest absolute Gasteiger partial charge is 0.457 e. The predicted molar refractivity (Wildman–Crippen MR) is 78.3 cm³/mol. The van der Waals surface area contributed by atoms with Gasteiger partial charge in [0, 0.05) is 18.7 Å². The van der Waals surface area contributed by atoms with Gasteiger partial charge in [-0.25, -0.2) is 0 Å². The Morgan fingerprint density at radius 3 is 2.60 bits per heavy atom. The van der Waals surface area contributed by atoms with Crippen LogP contribution >= 0.6 is 0 Å². The van der Waals surface area contributed by atoms with Gasteiger partial charge < -0.3 is 10.1 Å². The van der Waals surface area contributed by atoms with Gasteiger partial charge in [0.05, 0.1) is 4.92 Å². The molecule has 20 heavy (non-hydrogen) atoms. The predicted octanol–water partition coefficient (Wildman–Crippen LogP) is 3.99. The third kappa shape index (κ3) is 3.35. The summed E-state index contributed by atoms with van der Waals surface area (Å²) in [6.45, 7) is 4.02. The Morgan fingerprint density at radius 2 is 1.95 bits per heavy atom. The van der Waals surface area contributed by atoms with Gasteiger partial charge in [-0.3, -0.25) is 10.1 Å². The topological polar surface area (TPSA) is 64.4 Å². The number of nitrogens with zero attached hydrogens (tertiary/aromatic N) is 1.